The Morgan fingerprint density at radius 2 is 2.04 bits per heavy atom. The molecule has 7 heteroatoms. The van der Waals surface area contributed by atoms with Crippen LogP contribution in [0.2, 0.25) is 0 Å². The number of fused-ring (bicyclic) bond motifs is 1. The van der Waals surface area contributed by atoms with E-state index in [1.165, 1.54) is 18.3 Å². The van der Waals surface area contributed by atoms with Crippen LogP contribution >= 0.6 is 0 Å². The molecule has 0 saturated carbocycles. The van der Waals surface area contributed by atoms with Crippen molar-refractivity contribution in [3.05, 3.63) is 72.1 Å². The maximum Gasteiger partial charge on any atom is 0.254 e. The monoisotopic (exact) mass is 347 g/mol. The highest BCUT2D eigenvalue weighted by molar-refractivity contribution is 5.97. The Morgan fingerprint density at radius 1 is 1.19 bits per heavy atom. The second kappa shape index (κ2) is 6.03. The zero-order chi connectivity index (χ0) is 18.3. The number of primary amides is 1. The van der Waals surface area contributed by atoms with Gasteiger partial charge in [0.05, 0.1) is 5.52 Å². The van der Waals surface area contributed by atoms with E-state index in [0.29, 0.717) is 22.6 Å². The van der Waals surface area contributed by atoms with Gasteiger partial charge in [-0.2, -0.15) is 0 Å². The molecule has 4 rings (SSSR count). The second-order valence-corrected chi connectivity index (χ2v) is 5.86. The van der Waals surface area contributed by atoms with Gasteiger partial charge in [-0.25, -0.2) is 14.4 Å². The van der Waals surface area contributed by atoms with Gasteiger partial charge in [0.2, 0.25) is 0 Å². The average Bonchev–Trinajstić information content (AvgIpc) is 2.96. The molecule has 0 unspecified atom stereocenters. The molecule has 0 spiro atoms. The summed E-state index contributed by atoms with van der Waals surface area (Å²) < 4.78 is 15.3. The van der Waals surface area contributed by atoms with E-state index in [9.17, 15) is 9.18 Å². The van der Waals surface area contributed by atoms with Gasteiger partial charge in [0.1, 0.15) is 11.4 Å². The van der Waals surface area contributed by atoms with Crippen molar-refractivity contribution in [1.82, 2.24) is 19.5 Å². The van der Waals surface area contributed by atoms with E-state index < -0.39 is 5.91 Å². The first kappa shape index (κ1) is 15.9. The van der Waals surface area contributed by atoms with Crippen molar-refractivity contribution >= 4 is 16.8 Å². The van der Waals surface area contributed by atoms with E-state index in [1.807, 2.05) is 19.1 Å². The van der Waals surface area contributed by atoms with E-state index in [1.54, 1.807) is 29.1 Å². The van der Waals surface area contributed by atoms with Crippen LogP contribution in [0.3, 0.4) is 0 Å². The first-order valence-electron chi connectivity index (χ1n) is 7.90. The summed E-state index contributed by atoms with van der Waals surface area (Å²) in [5.41, 5.74) is 7.94. The Morgan fingerprint density at radius 3 is 2.77 bits per heavy atom. The van der Waals surface area contributed by atoms with Crippen molar-refractivity contribution in [1.29, 1.82) is 0 Å². The van der Waals surface area contributed by atoms with Gasteiger partial charge in [0.25, 0.3) is 5.91 Å². The molecule has 0 aliphatic heterocycles. The highest BCUT2D eigenvalue weighted by Gasteiger charge is 2.18. The molecule has 3 heterocycles. The molecule has 0 fully saturated rings. The Balaban J connectivity index is 2.01. The van der Waals surface area contributed by atoms with E-state index in [2.05, 4.69) is 15.0 Å². The third-order valence-corrected chi connectivity index (χ3v) is 4.11. The van der Waals surface area contributed by atoms with Crippen LogP contribution in [0.25, 0.3) is 28.1 Å². The molecule has 0 atom stereocenters. The number of hydrogen-bond donors (Lipinski definition) is 1. The van der Waals surface area contributed by atoms with Crippen molar-refractivity contribution in [2.45, 2.75) is 6.92 Å². The summed E-state index contributed by atoms with van der Waals surface area (Å²) >= 11 is 0. The molecule has 0 aliphatic rings. The van der Waals surface area contributed by atoms with Gasteiger partial charge >= 0.3 is 0 Å². The summed E-state index contributed by atoms with van der Waals surface area (Å²) in [6, 6.07) is 9.88. The van der Waals surface area contributed by atoms with Crippen LogP contribution in [0.1, 0.15) is 16.1 Å². The Labute approximate surface area is 148 Å². The fraction of sp³-hybridized carbons (Fsp3) is 0.0526. The van der Waals surface area contributed by atoms with E-state index in [-0.39, 0.29) is 11.4 Å². The topological polar surface area (TPSA) is 86.7 Å². The molecule has 128 valence electrons. The Bertz CT molecular complexity index is 1140. The third kappa shape index (κ3) is 2.59. The predicted molar refractivity (Wildman–Crippen MR) is 95.3 cm³/mol. The minimum absolute atomic E-state index is 0.183. The third-order valence-electron chi connectivity index (χ3n) is 4.11. The molecule has 0 radical (unpaired) electrons. The van der Waals surface area contributed by atoms with Crippen LogP contribution in [-0.2, 0) is 0 Å². The SMILES string of the molecule is Cc1cc2cc(F)ccc2n1-c1nc(-c2cccnc2)ncc1C(N)=O. The van der Waals surface area contributed by atoms with Gasteiger partial charge in [-0.1, -0.05) is 0 Å². The van der Waals surface area contributed by atoms with Gasteiger partial charge in [0.15, 0.2) is 11.6 Å². The zero-order valence-electron chi connectivity index (χ0n) is 13.8. The van der Waals surface area contributed by atoms with Gasteiger partial charge in [0, 0.05) is 35.2 Å². The first-order chi connectivity index (χ1) is 12.5. The second-order valence-electron chi connectivity index (χ2n) is 5.86. The number of halogens is 1. The molecule has 4 aromatic rings. The normalized spacial score (nSPS) is 11.0. The number of nitrogens with zero attached hydrogens (tertiary/aromatic N) is 4. The van der Waals surface area contributed by atoms with Crippen LogP contribution in [0, 0.1) is 12.7 Å². The molecule has 0 aliphatic carbocycles. The first-order valence-corrected chi connectivity index (χ1v) is 7.90. The predicted octanol–water partition coefficient (Wildman–Crippen LogP) is 3.03. The lowest BCUT2D eigenvalue weighted by Gasteiger charge is -2.12. The summed E-state index contributed by atoms with van der Waals surface area (Å²) in [5.74, 6) is -0.198. The number of carbonyl (C=O) groups is 1. The number of benzene rings is 1. The summed E-state index contributed by atoms with van der Waals surface area (Å²) in [5, 5.41) is 0.708. The van der Waals surface area contributed by atoms with Gasteiger partial charge < -0.3 is 5.73 Å². The maximum atomic E-state index is 13.6. The summed E-state index contributed by atoms with van der Waals surface area (Å²) in [7, 11) is 0. The van der Waals surface area contributed by atoms with Crippen LogP contribution in [0.15, 0.2) is 55.0 Å². The fourth-order valence-electron chi connectivity index (χ4n) is 2.96. The number of nitrogens with two attached hydrogens (primary N) is 1. The summed E-state index contributed by atoms with van der Waals surface area (Å²) in [4.78, 5) is 24.8. The standard InChI is InChI=1S/C19H14FN5O/c1-11-7-13-8-14(20)4-5-16(13)25(11)19-15(17(21)26)10-23-18(24-19)12-3-2-6-22-9-12/h2-10H,1H3,(H2,21,26). The molecule has 2 N–H and O–H groups in total. The quantitative estimate of drug-likeness (QED) is 0.617. The lowest BCUT2D eigenvalue weighted by atomic mass is 10.2. The van der Waals surface area contributed by atoms with Crippen LogP contribution in [-0.4, -0.2) is 25.4 Å². The van der Waals surface area contributed by atoms with Gasteiger partial charge in [-0.15, -0.1) is 0 Å². The number of amides is 1. The van der Waals surface area contributed by atoms with E-state index in [4.69, 9.17) is 5.73 Å². The molecule has 0 bridgehead atoms. The van der Waals surface area contributed by atoms with Gasteiger partial charge in [-0.3, -0.25) is 14.3 Å². The van der Waals surface area contributed by atoms with Crippen molar-refractivity contribution in [2.75, 3.05) is 0 Å². The van der Waals surface area contributed by atoms with Crippen molar-refractivity contribution in [3.8, 4) is 17.2 Å². The largest absolute Gasteiger partial charge is 0.365 e. The van der Waals surface area contributed by atoms with Crippen molar-refractivity contribution in [2.24, 2.45) is 5.73 Å². The highest BCUT2D eigenvalue weighted by Crippen LogP contribution is 2.27. The number of rotatable bonds is 3. The molecular formula is C19H14FN5O. The minimum Gasteiger partial charge on any atom is -0.365 e. The van der Waals surface area contributed by atoms with Crippen LogP contribution < -0.4 is 5.73 Å². The maximum absolute atomic E-state index is 13.6. The smallest absolute Gasteiger partial charge is 0.254 e. The minimum atomic E-state index is -0.638. The van der Waals surface area contributed by atoms with Crippen molar-refractivity contribution in [3.63, 3.8) is 0 Å². The Kier molecular flexibility index (Phi) is 3.69. The molecule has 26 heavy (non-hydrogen) atoms. The molecule has 0 saturated heterocycles. The number of hydrogen-bond acceptors (Lipinski definition) is 4. The average molecular weight is 347 g/mol. The highest BCUT2D eigenvalue weighted by atomic mass is 19.1. The van der Waals surface area contributed by atoms with Crippen LogP contribution in [0.4, 0.5) is 4.39 Å². The summed E-state index contributed by atoms with van der Waals surface area (Å²) in [6.45, 7) is 1.86. The van der Waals surface area contributed by atoms with E-state index >= 15 is 0 Å². The number of aromatic nitrogens is 4. The van der Waals surface area contributed by atoms with Gasteiger partial charge in [-0.05, 0) is 43.3 Å². The molecule has 1 aromatic carbocycles. The summed E-state index contributed by atoms with van der Waals surface area (Å²) in [6.07, 6.45) is 4.70. The molecule has 1 amide bonds. The molecule has 3 aromatic heterocycles. The fourth-order valence-corrected chi connectivity index (χ4v) is 2.96. The number of aryl methyl sites for hydroxylation is 1. The number of carbonyl (C=O) groups excluding carboxylic acids is 1. The Hall–Kier alpha value is -3.61. The lowest BCUT2D eigenvalue weighted by Crippen LogP contribution is -2.17. The molecular weight excluding hydrogens is 333 g/mol. The lowest BCUT2D eigenvalue weighted by molar-refractivity contribution is 0.0999. The van der Waals surface area contributed by atoms with E-state index in [0.717, 1.165) is 11.2 Å². The molecule has 6 nitrogen and oxygen atoms in total. The van der Waals surface area contributed by atoms with Crippen molar-refractivity contribution < 1.29 is 9.18 Å². The zero-order valence-corrected chi connectivity index (χ0v) is 13.8. The number of pyridine rings is 1. The van der Waals surface area contributed by atoms with Crippen LogP contribution in [0.5, 0.6) is 0 Å².